The largest absolute Gasteiger partial charge is 0.318 e. The van der Waals surface area contributed by atoms with Gasteiger partial charge in [0, 0.05) is 7.05 Å². The van der Waals surface area contributed by atoms with E-state index in [9.17, 15) is 14.9 Å². The molecule has 6 heteroatoms. The molecule has 0 atom stereocenters. The van der Waals surface area contributed by atoms with Gasteiger partial charge in [-0.05, 0) is 12.5 Å². The summed E-state index contributed by atoms with van der Waals surface area (Å²) in [6.45, 7) is 1.87. The predicted octanol–water partition coefficient (Wildman–Crippen LogP) is 1.48. The Bertz CT molecular complexity index is 420. The SMILES string of the molecule is CC/C=C/C(=O)c1nn(C)cc1[N+](=O)[O-]. The maximum absolute atomic E-state index is 11.5. The molecule has 1 heterocycles. The van der Waals surface area contributed by atoms with Gasteiger partial charge >= 0.3 is 5.69 Å². The van der Waals surface area contributed by atoms with Crippen molar-refractivity contribution in [1.29, 1.82) is 0 Å². The lowest BCUT2D eigenvalue weighted by Crippen LogP contribution is -2.00. The van der Waals surface area contributed by atoms with Crippen LogP contribution in [0.2, 0.25) is 0 Å². The third-order valence-corrected chi connectivity index (χ3v) is 1.74. The molecule has 6 nitrogen and oxygen atoms in total. The number of carbonyl (C=O) groups is 1. The van der Waals surface area contributed by atoms with Crippen molar-refractivity contribution in [3.05, 3.63) is 34.2 Å². The number of hydrogen-bond donors (Lipinski definition) is 0. The lowest BCUT2D eigenvalue weighted by molar-refractivity contribution is -0.385. The van der Waals surface area contributed by atoms with Crippen molar-refractivity contribution in [1.82, 2.24) is 9.78 Å². The summed E-state index contributed by atoms with van der Waals surface area (Å²) in [5, 5.41) is 14.3. The van der Waals surface area contributed by atoms with Crippen molar-refractivity contribution in [3.63, 3.8) is 0 Å². The van der Waals surface area contributed by atoms with Crippen LogP contribution in [0.1, 0.15) is 23.8 Å². The summed E-state index contributed by atoms with van der Waals surface area (Å²) in [5.74, 6) is -0.441. The van der Waals surface area contributed by atoms with Gasteiger partial charge in [-0.2, -0.15) is 5.10 Å². The van der Waals surface area contributed by atoms with Gasteiger partial charge in [-0.15, -0.1) is 0 Å². The smallest absolute Gasteiger partial charge is 0.287 e. The molecule has 0 amide bonds. The van der Waals surface area contributed by atoms with E-state index >= 15 is 0 Å². The van der Waals surface area contributed by atoms with E-state index in [1.54, 1.807) is 6.08 Å². The average molecular weight is 209 g/mol. The van der Waals surface area contributed by atoms with Crippen LogP contribution in [-0.2, 0) is 7.05 Å². The molecule has 0 fully saturated rings. The van der Waals surface area contributed by atoms with Crippen molar-refractivity contribution >= 4 is 11.5 Å². The molecule has 80 valence electrons. The van der Waals surface area contributed by atoms with Gasteiger partial charge in [0.1, 0.15) is 6.20 Å². The topological polar surface area (TPSA) is 78.0 Å². The minimum Gasteiger partial charge on any atom is -0.287 e. The van der Waals surface area contributed by atoms with E-state index in [1.807, 2.05) is 6.92 Å². The summed E-state index contributed by atoms with van der Waals surface area (Å²) < 4.78 is 1.26. The van der Waals surface area contributed by atoms with Crippen LogP contribution in [-0.4, -0.2) is 20.5 Å². The highest BCUT2D eigenvalue weighted by Gasteiger charge is 2.22. The number of nitrogens with zero attached hydrogens (tertiary/aromatic N) is 3. The van der Waals surface area contributed by atoms with Gasteiger partial charge < -0.3 is 0 Å². The summed E-state index contributed by atoms with van der Waals surface area (Å²) in [4.78, 5) is 21.5. The standard InChI is InChI=1S/C9H11N3O3/c1-3-4-5-8(13)9-7(12(14)15)6-11(2)10-9/h4-6H,3H2,1-2H3/b5-4+. The molecule has 0 N–H and O–H groups in total. The third-order valence-electron chi connectivity index (χ3n) is 1.74. The van der Waals surface area contributed by atoms with Crippen molar-refractivity contribution in [3.8, 4) is 0 Å². The average Bonchev–Trinajstić information content (AvgIpc) is 2.57. The highest BCUT2D eigenvalue weighted by Crippen LogP contribution is 2.16. The molecule has 0 bridgehead atoms. The number of rotatable bonds is 4. The van der Waals surface area contributed by atoms with Gasteiger partial charge in [0.15, 0.2) is 0 Å². The summed E-state index contributed by atoms with van der Waals surface area (Å²) in [5.41, 5.74) is -0.379. The molecule has 0 spiro atoms. The number of allylic oxidation sites excluding steroid dienone is 2. The van der Waals surface area contributed by atoms with Crippen LogP contribution in [0.25, 0.3) is 0 Å². The Kier molecular flexibility index (Phi) is 3.33. The van der Waals surface area contributed by atoms with Crippen LogP contribution in [0, 0.1) is 10.1 Å². The summed E-state index contributed by atoms with van der Waals surface area (Å²) >= 11 is 0. The zero-order chi connectivity index (χ0) is 11.4. The molecule has 0 aliphatic rings. The molecule has 0 aliphatic carbocycles. The molecule has 0 unspecified atom stereocenters. The number of ketones is 1. The van der Waals surface area contributed by atoms with Crippen LogP contribution >= 0.6 is 0 Å². The molecule has 0 saturated heterocycles. The van der Waals surface area contributed by atoms with E-state index in [-0.39, 0.29) is 11.4 Å². The lowest BCUT2D eigenvalue weighted by Gasteiger charge is -1.88. The molecule has 1 rings (SSSR count). The van der Waals surface area contributed by atoms with E-state index in [0.29, 0.717) is 6.42 Å². The Morgan fingerprint density at radius 2 is 2.40 bits per heavy atom. The van der Waals surface area contributed by atoms with Gasteiger partial charge in [-0.1, -0.05) is 13.0 Å². The molecule has 1 aromatic heterocycles. The number of aromatic nitrogens is 2. The van der Waals surface area contributed by atoms with Gasteiger partial charge in [0.05, 0.1) is 4.92 Å². The van der Waals surface area contributed by atoms with Crippen LogP contribution in [0.15, 0.2) is 18.3 Å². The van der Waals surface area contributed by atoms with Crippen LogP contribution in [0.5, 0.6) is 0 Å². The first-order chi connectivity index (χ1) is 7.06. The molecule has 0 radical (unpaired) electrons. The first kappa shape index (κ1) is 11.1. The molecule has 0 aliphatic heterocycles. The fourth-order valence-electron chi connectivity index (χ4n) is 1.09. The van der Waals surface area contributed by atoms with Crippen molar-refractivity contribution < 1.29 is 9.72 Å². The van der Waals surface area contributed by atoms with Crippen LogP contribution in [0.3, 0.4) is 0 Å². The van der Waals surface area contributed by atoms with E-state index in [0.717, 1.165) is 0 Å². The zero-order valence-corrected chi connectivity index (χ0v) is 8.51. The Balaban J connectivity index is 3.07. The summed E-state index contributed by atoms with van der Waals surface area (Å²) in [6.07, 6.45) is 4.86. The van der Waals surface area contributed by atoms with Crippen molar-refractivity contribution in [2.24, 2.45) is 7.05 Å². The lowest BCUT2D eigenvalue weighted by atomic mass is 10.2. The normalized spacial score (nSPS) is 10.8. The number of nitro groups is 1. The molecule has 1 aromatic rings. The van der Waals surface area contributed by atoms with Crippen LogP contribution in [0.4, 0.5) is 5.69 Å². The van der Waals surface area contributed by atoms with Crippen molar-refractivity contribution in [2.75, 3.05) is 0 Å². The second-order valence-electron chi connectivity index (χ2n) is 2.97. The summed E-state index contributed by atoms with van der Waals surface area (Å²) in [6, 6.07) is 0. The Morgan fingerprint density at radius 1 is 1.73 bits per heavy atom. The quantitative estimate of drug-likeness (QED) is 0.325. The van der Waals surface area contributed by atoms with E-state index in [4.69, 9.17) is 0 Å². The predicted molar refractivity (Wildman–Crippen MR) is 53.6 cm³/mol. The first-order valence-electron chi connectivity index (χ1n) is 4.45. The highest BCUT2D eigenvalue weighted by molar-refractivity contribution is 6.05. The zero-order valence-electron chi connectivity index (χ0n) is 8.51. The molecular weight excluding hydrogens is 198 g/mol. The Morgan fingerprint density at radius 3 is 2.93 bits per heavy atom. The molecule has 15 heavy (non-hydrogen) atoms. The first-order valence-corrected chi connectivity index (χ1v) is 4.45. The van der Waals surface area contributed by atoms with E-state index in [1.165, 1.54) is 24.0 Å². The molecule has 0 aromatic carbocycles. The molecule has 0 saturated carbocycles. The number of aryl methyl sites for hydroxylation is 1. The fourth-order valence-corrected chi connectivity index (χ4v) is 1.09. The van der Waals surface area contributed by atoms with E-state index < -0.39 is 10.7 Å². The van der Waals surface area contributed by atoms with Gasteiger partial charge in [-0.25, -0.2) is 0 Å². The third kappa shape index (κ3) is 2.49. The van der Waals surface area contributed by atoms with Gasteiger partial charge in [-0.3, -0.25) is 19.6 Å². The second kappa shape index (κ2) is 4.50. The van der Waals surface area contributed by atoms with Crippen LogP contribution < -0.4 is 0 Å². The minimum atomic E-state index is -0.611. The highest BCUT2D eigenvalue weighted by atomic mass is 16.6. The maximum atomic E-state index is 11.5. The Labute approximate surface area is 86.4 Å². The number of carbonyl (C=O) groups excluding carboxylic acids is 1. The molecular formula is C9H11N3O3. The Hall–Kier alpha value is -1.98. The van der Waals surface area contributed by atoms with Crippen molar-refractivity contribution in [2.45, 2.75) is 13.3 Å². The van der Waals surface area contributed by atoms with Gasteiger partial charge in [0.25, 0.3) is 0 Å². The minimum absolute atomic E-state index is 0.118. The van der Waals surface area contributed by atoms with E-state index in [2.05, 4.69) is 5.10 Å². The monoisotopic (exact) mass is 209 g/mol. The maximum Gasteiger partial charge on any atom is 0.318 e. The second-order valence-corrected chi connectivity index (χ2v) is 2.97. The fraction of sp³-hybridized carbons (Fsp3) is 0.333. The van der Waals surface area contributed by atoms with Gasteiger partial charge in [0.2, 0.25) is 11.5 Å². The summed E-state index contributed by atoms with van der Waals surface area (Å²) in [7, 11) is 1.54. The number of hydrogen-bond acceptors (Lipinski definition) is 4.